The third-order valence-corrected chi connectivity index (χ3v) is 4.03. The van der Waals surface area contributed by atoms with E-state index >= 15 is 0 Å². The fraction of sp³-hybridized carbons (Fsp3) is 0.263. The Morgan fingerprint density at radius 1 is 1.12 bits per heavy atom. The molecular weight excluding hydrogens is 334 g/mol. The van der Waals surface area contributed by atoms with Gasteiger partial charge in [-0.25, -0.2) is 0 Å². The van der Waals surface area contributed by atoms with Crippen LogP contribution in [-0.2, 0) is 0 Å². The summed E-state index contributed by atoms with van der Waals surface area (Å²) in [5.41, 5.74) is 1.45. The van der Waals surface area contributed by atoms with Crippen molar-refractivity contribution < 1.29 is 19.0 Å². The van der Waals surface area contributed by atoms with E-state index in [4.69, 9.17) is 14.2 Å². The lowest BCUT2D eigenvalue weighted by molar-refractivity contribution is 0.0920. The lowest BCUT2D eigenvalue weighted by Gasteiger charge is -2.18. The van der Waals surface area contributed by atoms with Crippen molar-refractivity contribution in [1.82, 2.24) is 5.32 Å². The minimum absolute atomic E-state index is 0.0410. The van der Waals surface area contributed by atoms with Crippen molar-refractivity contribution in [3.63, 3.8) is 0 Å². The molecule has 0 atom stereocenters. The highest BCUT2D eigenvalue weighted by Gasteiger charge is 2.15. The number of nitrogens with zero attached hydrogens (tertiary/aromatic N) is 1. The number of nitrogens with one attached hydrogen (secondary N) is 2. The van der Waals surface area contributed by atoms with Crippen molar-refractivity contribution in [1.29, 1.82) is 0 Å². The van der Waals surface area contributed by atoms with E-state index in [0.717, 1.165) is 24.7 Å². The molecule has 0 spiro atoms. The first kappa shape index (κ1) is 16.3. The Balaban J connectivity index is 1.34. The van der Waals surface area contributed by atoms with Crippen molar-refractivity contribution in [2.45, 2.75) is 0 Å². The number of hydrogen-bond donors (Lipinski definition) is 2. The van der Waals surface area contributed by atoms with Gasteiger partial charge in [0.1, 0.15) is 19.0 Å². The van der Waals surface area contributed by atoms with Gasteiger partial charge < -0.3 is 24.8 Å². The number of Topliss-reactive ketones (excluding diaryl/α,β-unsaturated/α-hetero) is 1. The van der Waals surface area contributed by atoms with Crippen LogP contribution in [0.15, 0.2) is 47.5 Å². The predicted octanol–water partition coefficient (Wildman–Crippen LogP) is 2.09. The van der Waals surface area contributed by atoms with Crippen LogP contribution in [0.4, 0.5) is 5.69 Å². The second kappa shape index (κ2) is 7.35. The first-order chi connectivity index (χ1) is 12.8. The summed E-state index contributed by atoms with van der Waals surface area (Å²) >= 11 is 0. The summed E-state index contributed by atoms with van der Waals surface area (Å²) in [6.07, 6.45) is 0. The molecule has 4 rings (SSSR count). The van der Waals surface area contributed by atoms with E-state index in [1.54, 1.807) is 18.2 Å². The molecule has 0 bridgehead atoms. The Morgan fingerprint density at radius 3 is 2.69 bits per heavy atom. The lowest BCUT2D eigenvalue weighted by atomic mass is 10.1. The number of ketones is 1. The monoisotopic (exact) mass is 353 g/mol. The molecular formula is C19H19N3O4. The number of guanidine groups is 1. The van der Waals surface area contributed by atoms with Gasteiger partial charge in [-0.3, -0.25) is 9.79 Å². The molecule has 0 saturated heterocycles. The summed E-state index contributed by atoms with van der Waals surface area (Å²) in [6.45, 7) is 2.61. The summed E-state index contributed by atoms with van der Waals surface area (Å²) in [6, 6.07) is 12.6. The number of carbonyl (C=O) groups excluding carboxylic acids is 1. The quantitative estimate of drug-likeness (QED) is 0.801. The van der Waals surface area contributed by atoms with Gasteiger partial charge in [-0.15, -0.1) is 0 Å². The molecule has 7 nitrogen and oxygen atoms in total. The van der Waals surface area contributed by atoms with Gasteiger partial charge in [0, 0.05) is 17.8 Å². The number of fused-ring (bicyclic) bond motifs is 1. The van der Waals surface area contributed by atoms with Crippen LogP contribution in [0.3, 0.4) is 0 Å². The van der Waals surface area contributed by atoms with Crippen LogP contribution < -0.4 is 24.8 Å². The van der Waals surface area contributed by atoms with Crippen LogP contribution in [0.2, 0.25) is 0 Å². The first-order valence-electron chi connectivity index (χ1n) is 8.49. The summed E-state index contributed by atoms with van der Waals surface area (Å²) in [4.78, 5) is 16.6. The van der Waals surface area contributed by atoms with Crippen LogP contribution in [-0.4, -0.2) is 44.7 Å². The summed E-state index contributed by atoms with van der Waals surface area (Å²) in [7, 11) is 0. The Hall–Kier alpha value is -3.22. The third-order valence-electron chi connectivity index (χ3n) is 4.03. The van der Waals surface area contributed by atoms with Gasteiger partial charge in [0.25, 0.3) is 0 Å². The van der Waals surface area contributed by atoms with Crippen molar-refractivity contribution >= 4 is 17.4 Å². The van der Waals surface area contributed by atoms with Crippen molar-refractivity contribution in [2.75, 3.05) is 38.2 Å². The molecule has 0 saturated carbocycles. The topological polar surface area (TPSA) is 81.2 Å². The molecule has 0 aliphatic carbocycles. The SMILES string of the molecule is O=C(COc1ccc(NC2=NCCN2)cc1)c1ccc2c(c1)OCCO2. The minimum Gasteiger partial charge on any atom is -0.486 e. The van der Waals surface area contributed by atoms with E-state index in [9.17, 15) is 4.79 Å². The Kier molecular flexibility index (Phi) is 4.59. The first-order valence-corrected chi connectivity index (χ1v) is 8.49. The van der Waals surface area contributed by atoms with Crippen molar-refractivity contribution in [3.05, 3.63) is 48.0 Å². The van der Waals surface area contributed by atoms with E-state index in [0.29, 0.717) is 36.0 Å². The molecule has 134 valence electrons. The Bertz CT molecular complexity index is 833. The van der Waals surface area contributed by atoms with Crippen LogP contribution in [0, 0.1) is 0 Å². The number of carbonyl (C=O) groups is 1. The molecule has 0 amide bonds. The molecule has 2 heterocycles. The van der Waals surface area contributed by atoms with Crippen LogP contribution >= 0.6 is 0 Å². The standard InChI is InChI=1S/C19H19N3O4/c23-16(13-1-6-17-18(11-13)25-10-9-24-17)12-26-15-4-2-14(3-5-15)22-19-20-7-8-21-19/h1-6,11H,7-10,12H2,(H2,20,21,22). The zero-order chi connectivity index (χ0) is 17.8. The van der Waals surface area contributed by atoms with E-state index < -0.39 is 0 Å². The average Bonchev–Trinajstić information content (AvgIpc) is 3.20. The molecule has 2 aliphatic rings. The van der Waals surface area contributed by atoms with Gasteiger partial charge in [-0.2, -0.15) is 0 Å². The molecule has 0 aromatic heterocycles. The van der Waals surface area contributed by atoms with Crippen LogP contribution in [0.5, 0.6) is 17.2 Å². The molecule has 0 unspecified atom stereocenters. The predicted molar refractivity (Wildman–Crippen MR) is 97.6 cm³/mol. The molecule has 7 heteroatoms. The van der Waals surface area contributed by atoms with E-state index in [-0.39, 0.29) is 12.4 Å². The number of aliphatic imine (C=N–C) groups is 1. The van der Waals surface area contributed by atoms with Crippen molar-refractivity contribution in [3.8, 4) is 17.2 Å². The number of rotatable bonds is 5. The molecule has 2 aromatic carbocycles. The summed E-state index contributed by atoms with van der Waals surface area (Å²) < 4.78 is 16.6. The summed E-state index contributed by atoms with van der Waals surface area (Å²) in [5, 5.41) is 6.32. The normalized spacial score (nSPS) is 15.0. The molecule has 0 radical (unpaired) electrons. The maximum absolute atomic E-state index is 12.3. The second-order valence-electron chi connectivity index (χ2n) is 5.88. The smallest absolute Gasteiger partial charge is 0.200 e. The van der Waals surface area contributed by atoms with Crippen LogP contribution in [0.25, 0.3) is 0 Å². The lowest BCUT2D eigenvalue weighted by Crippen LogP contribution is -2.26. The van der Waals surface area contributed by atoms with Gasteiger partial charge in [-0.05, 0) is 42.5 Å². The van der Waals surface area contributed by atoms with Gasteiger partial charge >= 0.3 is 0 Å². The zero-order valence-corrected chi connectivity index (χ0v) is 14.2. The maximum Gasteiger partial charge on any atom is 0.200 e. The van der Waals surface area contributed by atoms with E-state index in [1.165, 1.54) is 0 Å². The molecule has 2 aliphatic heterocycles. The fourth-order valence-corrected chi connectivity index (χ4v) is 2.70. The van der Waals surface area contributed by atoms with Gasteiger partial charge in [-0.1, -0.05) is 0 Å². The number of ether oxygens (including phenoxy) is 3. The zero-order valence-electron chi connectivity index (χ0n) is 14.2. The van der Waals surface area contributed by atoms with Crippen molar-refractivity contribution in [2.24, 2.45) is 4.99 Å². The van der Waals surface area contributed by atoms with Gasteiger partial charge in [0.15, 0.2) is 29.8 Å². The maximum atomic E-state index is 12.3. The summed E-state index contributed by atoms with van der Waals surface area (Å²) in [5.74, 6) is 2.54. The fourth-order valence-electron chi connectivity index (χ4n) is 2.70. The number of benzene rings is 2. The Labute approximate surface area is 151 Å². The minimum atomic E-state index is -0.117. The highest BCUT2D eigenvalue weighted by Crippen LogP contribution is 2.30. The molecule has 2 N–H and O–H groups in total. The largest absolute Gasteiger partial charge is 0.486 e. The van der Waals surface area contributed by atoms with Gasteiger partial charge in [0.05, 0.1) is 6.54 Å². The number of anilines is 1. The second-order valence-corrected chi connectivity index (χ2v) is 5.88. The van der Waals surface area contributed by atoms with E-state index in [1.807, 2.05) is 24.3 Å². The molecule has 26 heavy (non-hydrogen) atoms. The van der Waals surface area contributed by atoms with E-state index in [2.05, 4.69) is 15.6 Å². The highest BCUT2D eigenvalue weighted by atomic mass is 16.6. The average molecular weight is 353 g/mol. The molecule has 0 fully saturated rings. The number of hydrogen-bond acceptors (Lipinski definition) is 7. The van der Waals surface area contributed by atoms with Gasteiger partial charge in [0.2, 0.25) is 0 Å². The third kappa shape index (κ3) is 3.72. The Morgan fingerprint density at radius 2 is 1.92 bits per heavy atom. The highest BCUT2D eigenvalue weighted by molar-refractivity contribution is 5.98. The molecule has 2 aromatic rings. The van der Waals surface area contributed by atoms with Crippen LogP contribution in [0.1, 0.15) is 10.4 Å².